The van der Waals surface area contributed by atoms with Gasteiger partial charge in [-0.1, -0.05) is 13.0 Å². The molecule has 6 heteroatoms. The average molecular weight is 292 g/mol. The Bertz CT molecular complexity index is 644. The van der Waals surface area contributed by atoms with Crippen LogP contribution >= 0.6 is 0 Å². The quantitative estimate of drug-likeness (QED) is 0.888. The van der Waals surface area contributed by atoms with Crippen LogP contribution in [0.25, 0.3) is 0 Å². The normalized spacial score (nSPS) is 10.5. The Balaban J connectivity index is 2.23. The Morgan fingerprint density at radius 2 is 1.86 bits per heavy atom. The van der Waals surface area contributed by atoms with Crippen LogP contribution in [0.5, 0.6) is 0 Å². The van der Waals surface area contributed by atoms with Gasteiger partial charge < -0.3 is 10.6 Å². The van der Waals surface area contributed by atoms with Crippen LogP contribution in [0.4, 0.5) is 20.4 Å². The van der Waals surface area contributed by atoms with Crippen molar-refractivity contribution in [1.82, 2.24) is 9.97 Å². The summed E-state index contributed by atoms with van der Waals surface area (Å²) in [5, 5.41) is 6.10. The molecule has 0 aliphatic heterocycles. The number of rotatable bonds is 5. The molecule has 0 saturated heterocycles. The highest BCUT2D eigenvalue weighted by Gasteiger charge is 2.10. The van der Waals surface area contributed by atoms with Gasteiger partial charge in [0.25, 0.3) is 0 Å². The van der Waals surface area contributed by atoms with Crippen LogP contribution in [0.2, 0.25) is 0 Å². The zero-order valence-electron chi connectivity index (χ0n) is 12.3. The molecule has 0 amide bonds. The SMILES string of the molecule is CCc1nc(NC)c(C)c(NCc2ccc(F)cc2F)n1. The standard InChI is InChI=1S/C15H18F2N4/c1-4-13-20-14(18-3)9(2)15(21-13)19-8-10-5-6-11(16)7-12(10)17/h5-7H,4,8H2,1-3H3,(H2,18,19,20,21). The Labute approximate surface area is 122 Å². The minimum absolute atomic E-state index is 0.232. The molecule has 2 aromatic rings. The van der Waals surface area contributed by atoms with Crippen molar-refractivity contribution in [3.8, 4) is 0 Å². The largest absolute Gasteiger partial charge is 0.373 e. The molecule has 2 rings (SSSR count). The first-order chi connectivity index (χ1) is 10.0. The highest BCUT2D eigenvalue weighted by molar-refractivity contribution is 5.57. The lowest BCUT2D eigenvalue weighted by Gasteiger charge is -2.13. The monoisotopic (exact) mass is 292 g/mol. The Morgan fingerprint density at radius 1 is 1.14 bits per heavy atom. The van der Waals surface area contributed by atoms with Crippen LogP contribution in [0, 0.1) is 18.6 Å². The number of benzene rings is 1. The fourth-order valence-corrected chi connectivity index (χ4v) is 1.98. The third kappa shape index (κ3) is 3.45. The van der Waals surface area contributed by atoms with Gasteiger partial charge in [0.1, 0.15) is 29.1 Å². The van der Waals surface area contributed by atoms with Crippen molar-refractivity contribution in [3.63, 3.8) is 0 Å². The van der Waals surface area contributed by atoms with E-state index in [9.17, 15) is 8.78 Å². The highest BCUT2D eigenvalue weighted by Crippen LogP contribution is 2.21. The fourth-order valence-electron chi connectivity index (χ4n) is 1.98. The fraction of sp³-hybridized carbons (Fsp3) is 0.333. The molecule has 4 nitrogen and oxygen atoms in total. The maximum Gasteiger partial charge on any atom is 0.135 e. The number of aromatic nitrogens is 2. The van der Waals surface area contributed by atoms with Gasteiger partial charge in [-0.25, -0.2) is 18.7 Å². The lowest BCUT2D eigenvalue weighted by Crippen LogP contribution is -2.10. The summed E-state index contributed by atoms with van der Waals surface area (Å²) in [6.45, 7) is 4.08. The molecule has 0 aliphatic rings. The second-order valence-electron chi connectivity index (χ2n) is 4.65. The lowest BCUT2D eigenvalue weighted by molar-refractivity contribution is 0.574. The van der Waals surface area contributed by atoms with Crippen molar-refractivity contribution >= 4 is 11.6 Å². The first-order valence-corrected chi connectivity index (χ1v) is 6.78. The molecule has 0 atom stereocenters. The lowest BCUT2D eigenvalue weighted by atomic mass is 10.2. The molecule has 1 aromatic heterocycles. The molecule has 0 bridgehead atoms. The Hall–Kier alpha value is -2.24. The molecule has 21 heavy (non-hydrogen) atoms. The number of hydrogen-bond acceptors (Lipinski definition) is 4. The zero-order chi connectivity index (χ0) is 15.4. The number of aryl methyl sites for hydroxylation is 1. The van der Waals surface area contributed by atoms with Gasteiger partial charge in [0.15, 0.2) is 0 Å². The number of halogens is 2. The molecular formula is C15H18F2N4. The van der Waals surface area contributed by atoms with E-state index in [4.69, 9.17) is 0 Å². The molecule has 0 aliphatic carbocycles. The Kier molecular flexibility index (Phi) is 4.67. The summed E-state index contributed by atoms with van der Waals surface area (Å²) >= 11 is 0. The van der Waals surface area contributed by atoms with E-state index in [0.29, 0.717) is 23.6 Å². The van der Waals surface area contributed by atoms with E-state index in [-0.39, 0.29) is 6.54 Å². The van der Waals surface area contributed by atoms with E-state index in [0.717, 1.165) is 17.4 Å². The van der Waals surface area contributed by atoms with Gasteiger partial charge in [0.2, 0.25) is 0 Å². The van der Waals surface area contributed by atoms with Crippen molar-refractivity contribution in [2.24, 2.45) is 0 Å². The van der Waals surface area contributed by atoms with Crippen LogP contribution in [-0.2, 0) is 13.0 Å². The number of anilines is 2. The molecular weight excluding hydrogens is 274 g/mol. The predicted molar refractivity (Wildman–Crippen MR) is 79.4 cm³/mol. The van der Waals surface area contributed by atoms with Crippen LogP contribution in [0.3, 0.4) is 0 Å². The number of hydrogen-bond donors (Lipinski definition) is 2. The first kappa shape index (κ1) is 15.2. The van der Waals surface area contributed by atoms with E-state index < -0.39 is 11.6 Å². The van der Waals surface area contributed by atoms with Crippen molar-refractivity contribution in [3.05, 3.63) is 46.8 Å². The summed E-state index contributed by atoms with van der Waals surface area (Å²) in [7, 11) is 1.79. The van der Waals surface area contributed by atoms with E-state index in [2.05, 4.69) is 20.6 Å². The maximum absolute atomic E-state index is 13.6. The van der Waals surface area contributed by atoms with Gasteiger partial charge in [-0.3, -0.25) is 0 Å². The van der Waals surface area contributed by atoms with Gasteiger partial charge in [0, 0.05) is 37.2 Å². The van der Waals surface area contributed by atoms with Crippen molar-refractivity contribution in [2.45, 2.75) is 26.8 Å². The minimum atomic E-state index is -0.583. The molecule has 0 unspecified atom stereocenters. The second kappa shape index (κ2) is 6.47. The smallest absolute Gasteiger partial charge is 0.135 e. The van der Waals surface area contributed by atoms with Crippen LogP contribution in [0.15, 0.2) is 18.2 Å². The number of nitrogens with one attached hydrogen (secondary N) is 2. The molecule has 0 radical (unpaired) electrons. The molecule has 1 heterocycles. The van der Waals surface area contributed by atoms with Gasteiger partial charge in [-0.05, 0) is 13.0 Å². The zero-order valence-corrected chi connectivity index (χ0v) is 12.3. The van der Waals surface area contributed by atoms with E-state index in [1.165, 1.54) is 12.1 Å². The third-order valence-corrected chi connectivity index (χ3v) is 3.21. The van der Waals surface area contributed by atoms with Crippen molar-refractivity contribution < 1.29 is 8.78 Å². The summed E-state index contributed by atoms with van der Waals surface area (Å²) in [6.07, 6.45) is 0.703. The Morgan fingerprint density at radius 3 is 2.48 bits per heavy atom. The van der Waals surface area contributed by atoms with E-state index in [1.807, 2.05) is 13.8 Å². The summed E-state index contributed by atoms with van der Waals surface area (Å²) in [4.78, 5) is 8.77. The topological polar surface area (TPSA) is 49.8 Å². The predicted octanol–water partition coefficient (Wildman–Crippen LogP) is 3.28. The van der Waals surface area contributed by atoms with Crippen LogP contribution < -0.4 is 10.6 Å². The van der Waals surface area contributed by atoms with Gasteiger partial charge >= 0.3 is 0 Å². The van der Waals surface area contributed by atoms with Gasteiger partial charge in [-0.15, -0.1) is 0 Å². The molecule has 0 fully saturated rings. The van der Waals surface area contributed by atoms with Gasteiger partial charge in [0.05, 0.1) is 0 Å². The van der Waals surface area contributed by atoms with Crippen molar-refractivity contribution in [1.29, 1.82) is 0 Å². The molecule has 1 aromatic carbocycles. The molecule has 0 saturated carbocycles. The summed E-state index contributed by atoms with van der Waals surface area (Å²) in [5.74, 6) is 0.935. The summed E-state index contributed by atoms with van der Waals surface area (Å²) in [5.41, 5.74) is 1.25. The summed E-state index contributed by atoms with van der Waals surface area (Å²) in [6, 6.07) is 3.54. The van der Waals surface area contributed by atoms with E-state index in [1.54, 1.807) is 7.05 Å². The molecule has 112 valence electrons. The average Bonchev–Trinajstić information content (AvgIpc) is 2.47. The summed E-state index contributed by atoms with van der Waals surface area (Å²) < 4.78 is 26.5. The van der Waals surface area contributed by atoms with Crippen LogP contribution in [-0.4, -0.2) is 17.0 Å². The number of nitrogens with zero attached hydrogens (tertiary/aromatic N) is 2. The first-order valence-electron chi connectivity index (χ1n) is 6.78. The third-order valence-electron chi connectivity index (χ3n) is 3.21. The highest BCUT2D eigenvalue weighted by atomic mass is 19.1. The second-order valence-corrected chi connectivity index (χ2v) is 4.65. The van der Waals surface area contributed by atoms with Crippen LogP contribution in [0.1, 0.15) is 23.9 Å². The van der Waals surface area contributed by atoms with E-state index >= 15 is 0 Å². The van der Waals surface area contributed by atoms with Gasteiger partial charge in [-0.2, -0.15) is 0 Å². The maximum atomic E-state index is 13.6. The molecule has 0 spiro atoms. The molecule has 2 N–H and O–H groups in total. The van der Waals surface area contributed by atoms with Crippen molar-refractivity contribution in [2.75, 3.05) is 17.7 Å². The minimum Gasteiger partial charge on any atom is -0.373 e.